The second kappa shape index (κ2) is 7.87. The van der Waals surface area contributed by atoms with Crippen molar-refractivity contribution in [3.05, 3.63) is 65.9 Å². The number of benzene rings is 2. The Morgan fingerprint density at radius 1 is 1.20 bits per heavy atom. The summed E-state index contributed by atoms with van der Waals surface area (Å²) in [5.41, 5.74) is 3.98. The van der Waals surface area contributed by atoms with E-state index in [9.17, 15) is 4.79 Å². The predicted octanol–water partition coefficient (Wildman–Crippen LogP) is 5.52. The first-order valence-electron chi connectivity index (χ1n) is 8.60. The lowest BCUT2D eigenvalue weighted by molar-refractivity contribution is 0.0505. The highest BCUT2D eigenvalue weighted by atomic mass is 79.9. The molecule has 0 fully saturated rings. The minimum Gasteiger partial charge on any atom is -0.462 e. The van der Waals surface area contributed by atoms with Crippen molar-refractivity contribution < 1.29 is 9.53 Å². The van der Waals surface area contributed by atoms with Crippen molar-refractivity contribution in [2.24, 2.45) is 0 Å². The minimum absolute atomic E-state index is 0.270. The van der Waals surface area contributed by atoms with Crippen LogP contribution >= 0.6 is 15.9 Å². The summed E-state index contributed by atoms with van der Waals surface area (Å²) < 4.78 is 7.34. The largest absolute Gasteiger partial charge is 0.462 e. The number of hydrogen-bond donors (Lipinski definition) is 0. The molecule has 1 aromatic heterocycles. The van der Waals surface area contributed by atoms with Crippen molar-refractivity contribution in [3.8, 4) is 5.69 Å². The van der Waals surface area contributed by atoms with E-state index in [1.54, 1.807) is 6.07 Å². The van der Waals surface area contributed by atoms with Crippen LogP contribution in [-0.4, -0.2) is 22.0 Å². The first-order chi connectivity index (χ1) is 12.1. The molecule has 0 aliphatic carbocycles. The first-order valence-corrected chi connectivity index (χ1v) is 9.51. The van der Waals surface area contributed by atoms with Crippen LogP contribution in [0.15, 0.2) is 54.7 Å². The summed E-state index contributed by atoms with van der Waals surface area (Å²) in [7, 11) is 0. The fraction of sp³-hybridized carbons (Fsp3) is 0.286. The molecule has 0 amide bonds. The third-order valence-corrected chi connectivity index (χ3v) is 4.39. The predicted molar refractivity (Wildman–Crippen MR) is 106 cm³/mol. The molecule has 2 aromatic carbocycles. The minimum atomic E-state index is -0.270. The third kappa shape index (κ3) is 4.13. The van der Waals surface area contributed by atoms with Crippen molar-refractivity contribution in [2.75, 3.05) is 6.61 Å². The van der Waals surface area contributed by atoms with Gasteiger partial charge in [-0.25, -0.2) is 4.79 Å². The molecular formula is C21H22BrNO2. The van der Waals surface area contributed by atoms with Gasteiger partial charge in [-0.15, -0.1) is 0 Å². The molecule has 0 aliphatic heterocycles. The molecule has 1 unspecified atom stereocenters. The molecule has 4 heteroatoms. The number of carbonyl (C=O) groups excluding carboxylic acids is 1. The smallest absolute Gasteiger partial charge is 0.338 e. The molecule has 0 N–H and O–H groups in total. The summed E-state index contributed by atoms with van der Waals surface area (Å²) in [5.74, 6) is -0.270. The molecule has 1 heterocycles. The van der Waals surface area contributed by atoms with Gasteiger partial charge >= 0.3 is 5.97 Å². The maximum Gasteiger partial charge on any atom is 0.338 e. The van der Waals surface area contributed by atoms with Crippen molar-refractivity contribution in [2.45, 2.75) is 31.5 Å². The topological polar surface area (TPSA) is 31.2 Å². The maximum absolute atomic E-state index is 12.1. The quantitative estimate of drug-likeness (QED) is 0.403. The zero-order valence-electron chi connectivity index (χ0n) is 14.5. The van der Waals surface area contributed by atoms with Gasteiger partial charge in [-0.3, -0.25) is 0 Å². The van der Waals surface area contributed by atoms with E-state index in [-0.39, 0.29) is 5.97 Å². The van der Waals surface area contributed by atoms with Gasteiger partial charge in [0.05, 0.1) is 17.7 Å². The number of esters is 1. The SMILES string of the molecule is CCCOC(=O)c1cccc(-n2ccc3cc(CC(C)Br)ccc32)c1. The highest BCUT2D eigenvalue weighted by Crippen LogP contribution is 2.23. The zero-order chi connectivity index (χ0) is 17.8. The van der Waals surface area contributed by atoms with E-state index in [2.05, 4.69) is 51.7 Å². The lowest BCUT2D eigenvalue weighted by Crippen LogP contribution is -2.06. The van der Waals surface area contributed by atoms with Crippen molar-refractivity contribution in [1.29, 1.82) is 0 Å². The molecule has 0 bridgehead atoms. The molecule has 0 radical (unpaired) electrons. The fourth-order valence-corrected chi connectivity index (χ4v) is 3.30. The Morgan fingerprint density at radius 3 is 2.80 bits per heavy atom. The summed E-state index contributed by atoms with van der Waals surface area (Å²) in [6.07, 6.45) is 3.87. The summed E-state index contributed by atoms with van der Waals surface area (Å²) in [5, 5.41) is 1.20. The second-order valence-electron chi connectivity index (χ2n) is 6.25. The second-order valence-corrected chi connectivity index (χ2v) is 7.81. The van der Waals surface area contributed by atoms with E-state index in [1.165, 1.54) is 10.9 Å². The highest BCUT2D eigenvalue weighted by molar-refractivity contribution is 9.09. The van der Waals surface area contributed by atoms with Crippen LogP contribution in [0.4, 0.5) is 0 Å². The normalized spacial score (nSPS) is 12.3. The van der Waals surface area contributed by atoms with Crippen molar-refractivity contribution in [1.82, 2.24) is 4.57 Å². The molecular weight excluding hydrogens is 378 g/mol. The molecule has 3 rings (SSSR count). The van der Waals surface area contributed by atoms with Crippen LogP contribution in [0, 0.1) is 0 Å². The number of aromatic nitrogens is 1. The number of rotatable bonds is 6. The van der Waals surface area contributed by atoms with Gasteiger partial charge in [0.25, 0.3) is 0 Å². The molecule has 25 heavy (non-hydrogen) atoms. The van der Waals surface area contributed by atoms with E-state index in [4.69, 9.17) is 4.74 Å². The van der Waals surface area contributed by atoms with Crippen LogP contribution in [0.3, 0.4) is 0 Å². The number of alkyl halides is 1. The summed E-state index contributed by atoms with van der Waals surface area (Å²) >= 11 is 3.61. The van der Waals surface area contributed by atoms with Crippen LogP contribution in [0.25, 0.3) is 16.6 Å². The molecule has 0 saturated heterocycles. The Labute approximate surface area is 156 Å². The van der Waals surface area contributed by atoms with Gasteiger partial charge < -0.3 is 9.30 Å². The van der Waals surface area contributed by atoms with Gasteiger partial charge in [0.1, 0.15) is 0 Å². The molecule has 130 valence electrons. The highest BCUT2D eigenvalue weighted by Gasteiger charge is 2.10. The van der Waals surface area contributed by atoms with E-state index < -0.39 is 0 Å². The van der Waals surface area contributed by atoms with Crippen LogP contribution < -0.4 is 0 Å². The van der Waals surface area contributed by atoms with Crippen LogP contribution in [-0.2, 0) is 11.2 Å². The Bertz CT molecular complexity index is 882. The lowest BCUT2D eigenvalue weighted by Gasteiger charge is -2.09. The molecule has 0 saturated carbocycles. The van der Waals surface area contributed by atoms with Gasteiger partial charge in [0.15, 0.2) is 0 Å². The van der Waals surface area contributed by atoms with Gasteiger partial charge in [-0.05, 0) is 54.8 Å². The van der Waals surface area contributed by atoms with Gasteiger partial charge in [-0.2, -0.15) is 0 Å². The average Bonchev–Trinajstić information content (AvgIpc) is 3.02. The number of nitrogens with zero attached hydrogens (tertiary/aromatic N) is 1. The summed E-state index contributed by atoms with van der Waals surface area (Å²) in [6.45, 7) is 4.59. The number of fused-ring (bicyclic) bond motifs is 1. The zero-order valence-corrected chi connectivity index (χ0v) is 16.1. The van der Waals surface area contributed by atoms with Crippen molar-refractivity contribution >= 4 is 32.8 Å². The Balaban J connectivity index is 1.92. The number of halogens is 1. The number of carbonyl (C=O) groups is 1. The molecule has 3 nitrogen and oxygen atoms in total. The first kappa shape index (κ1) is 17.7. The average molecular weight is 400 g/mol. The molecule has 0 aliphatic rings. The van der Waals surface area contributed by atoms with Gasteiger partial charge in [0.2, 0.25) is 0 Å². The number of ether oxygens (including phenoxy) is 1. The molecule has 1 atom stereocenters. The summed E-state index contributed by atoms with van der Waals surface area (Å²) in [6, 6.07) is 16.2. The van der Waals surface area contributed by atoms with Gasteiger partial charge in [-0.1, -0.05) is 41.9 Å². The van der Waals surface area contributed by atoms with E-state index in [0.717, 1.165) is 24.0 Å². The number of hydrogen-bond acceptors (Lipinski definition) is 2. The standard InChI is InChI=1S/C21H22BrNO2/c1-3-11-25-21(24)18-5-4-6-19(14-18)23-10-9-17-13-16(12-15(2)22)7-8-20(17)23/h4-10,13-15H,3,11-12H2,1-2H3. The summed E-state index contributed by atoms with van der Waals surface area (Å²) in [4.78, 5) is 12.6. The Hall–Kier alpha value is -2.07. The van der Waals surface area contributed by atoms with E-state index in [1.807, 2.05) is 31.3 Å². The molecule has 0 spiro atoms. The van der Waals surface area contributed by atoms with Crippen LogP contribution in [0.5, 0.6) is 0 Å². The van der Waals surface area contributed by atoms with E-state index >= 15 is 0 Å². The van der Waals surface area contributed by atoms with Crippen LogP contribution in [0.1, 0.15) is 36.2 Å². The third-order valence-electron chi connectivity index (χ3n) is 4.07. The van der Waals surface area contributed by atoms with Crippen molar-refractivity contribution in [3.63, 3.8) is 0 Å². The Morgan fingerprint density at radius 2 is 2.04 bits per heavy atom. The fourth-order valence-electron chi connectivity index (χ4n) is 2.93. The van der Waals surface area contributed by atoms with Gasteiger partial charge in [0, 0.05) is 22.1 Å². The van der Waals surface area contributed by atoms with E-state index in [0.29, 0.717) is 17.0 Å². The lowest BCUT2D eigenvalue weighted by atomic mass is 10.1. The Kier molecular flexibility index (Phi) is 5.59. The monoisotopic (exact) mass is 399 g/mol. The van der Waals surface area contributed by atoms with Crippen LogP contribution in [0.2, 0.25) is 0 Å². The maximum atomic E-state index is 12.1. The molecule has 3 aromatic rings.